The molecule has 1 aliphatic heterocycles. The van der Waals surface area contributed by atoms with Crippen molar-refractivity contribution in [1.29, 1.82) is 0 Å². The number of piperazine rings is 1. The molecule has 0 aliphatic carbocycles. The van der Waals surface area contributed by atoms with E-state index in [1.807, 2.05) is 37.3 Å². The summed E-state index contributed by atoms with van der Waals surface area (Å²) < 4.78 is 0. The number of aliphatic imine (C=N–C) groups is 1. The number of anilines is 2. The SMILES string of the molecule is CCNC(=NCc1cccnc1N(C)C)N1CCN(c2ncccn2)CC1.I. The van der Waals surface area contributed by atoms with Gasteiger partial charge in [-0.25, -0.2) is 19.9 Å². The van der Waals surface area contributed by atoms with Crippen molar-refractivity contribution >= 4 is 41.7 Å². The second-order valence-electron chi connectivity index (χ2n) is 6.57. The number of nitrogens with one attached hydrogen (secondary N) is 1. The summed E-state index contributed by atoms with van der Waals surface area (Å²) in [6, 6.07) is 5.89. The summed E-state index contributed by atoms with van der Waals surface area (Å²) in [7, 11) is 4.01. The lowest BCUT2D eigenvalue weighted by Crippen LogP contribution is -2.53. The Kier molecular flexibility index (Phi) is 8.68. The molecule has 2 aromatic rings. The van der Waals surface area contributed by atoms with Crippen molar-refractivity contribution in [3.05, 3.63) is 42.4 Å². The summed E-state index contributed by atoms with van der Waals surface area (Å²) in [4.78, 5) is 24.6. The molecular formula is C19H29IN8. The third-order valence-electron chi connectivity index (χ3n) is 4.44. The molecule has 152 valence electrons. The molecule has 3 heterocycles. The molecule has 0 amide bonds. The largest absolute Gasteiger partial charge is 0.362 e. The Balaban J connectivity index is 0.00000280. The molecule has 0 aromatic carbocycles. The third-order valence-corrected chi connectivity index (χ3v) is 4.44. The van der Waals surface area contributed by atoms with Gasteiger partial charge in [-0.1, -0.05) is 6.07 Å². The van der Waals surface area contributed by atoms with Gasteiger partial charge in [0.25, 0.3) is 0 Å². The van der Waals surface area contributed by atoms with Crippen molar-refractivity contribution in [2.75, 3.05) is 56.6 Å². The van der Waals surface area contributed by atoms with E-state index in [1.54, 1.807) is 12.4 Å². The van der Waals surface area contributed by atoms with E-state index in [1.165, 1.54) is 0 Å². The van der Waals surface area contributed by atoms with Crippen LogP contribution in [0.2, 0.25) is 0 Å². The number of pyridine rings is 1. The lowest BCUT2D eigenvalue weighted by atomic mass is 10.2. The van der Waals surface area contributed by atoms with E-state index < -0.39 is 0 Å². The van der Waals surface area contributed by atoms with E-state index >= 15 is 0 Å². The van der Waals surface area contributed by atoms with Crippen LogP contribution in [0.3, 0.4) is 0 Å². The number of hydrogen-bond donors (Lipinski definition) is 1. The smallest absolute Gasteiger partial charge is 0.225 e. The van der Waals surface area contributed by atoms with Gasteiger partial charge in [0.15, 0.2) is 5.96 Å². The minimum atomic E-state index is 0. The van der Waals surface area contributed by atoms with Crippen LogP contribution in [0, 0.1) is 0 Å². The summed E-state index contributed by atoms with van der Waals surface area (Å²) in [5.74, 6) is 2.70. The molecule has 0 atom stereocenters. The molecule has 1 aliphatic rings. The van der Waals surface area contributed by atoms with E-state index in [4.69, 9.17) is 4.99 Å². The zero-order valence-electron chi connectivity index (χ0n) is 16.7. The van der Waals surface area contributed by atoms with Crippen molar-refractivity contribution in [3.63, 3.8) is 0 Å². The highest BCUT2D eigenvalue weighted by Crippen LogP contribution is 2.16. The summed E-state index contributed by atoms with van der Waals surface area (Å²) >= 11 is 0. The quantitative estimate of drug-likeness (QED) is 0.385. The van der Waals surface area contributed by atoms with Crippen LogP contribution in [-0.2, 0) is 6.54 Å². The lowest BCUT2D eigenvalue weighted by Gasteiger charge is -2.36. The Morgan fingerprint density at radius 3 is 2.39 bits per heavy atom. The van der Waals surface area contributed by atoms with Gasteiger partial charge < -0.3 is 20.0 Å². The first-order valence-corrected chi connectivity index (χ1v) is 9.35. The fourth-order valence-electron chi connectivity index (χ4n) is 3.12. The van der Waals surface area contributed by atoms with Crippen LogP contribution in [-0.4, -0.2) is 72.6 Å². The molecule has 3 rings (SSSR count). The van der Waals surface area contributed by atoms with Gasteiger partial charge in [-0.2, -0.15) is 0 Å². The molecular weight excluding hydrogens is 467 g/mol. The second kappa shape index (κ2) is 11.0. The van der Waals surface area contributed by atoms with E-state index in [-0.39, 0.29) is 24.0 Å². The van der Waals surface area contributed by atoms with Crippen molar-refractivity contribution in [2.24, 2.45) is 4.99 Å². The van der Waals surface area contributed by atoms with E-state index in [0.29, 0.717) is 6.54 Å². The van der Waals surface area contributed by atoms with Gasteiger partial charge in [0, 0.05) is 71.0 Å². The van der Waals surface area contributed by atoms with E-state index in [0.717, 1.165) is 56.0 Å². The molecule has 0 unspecified atom stereocenters. The number of rotatable bonds is 5. The van der Waals surface area contributed by atoms with Crippen molar-refractivity contribution in [3.8, 4) is 0 Å². The summed E-state index contributed by atoms with van der Waals surface area (Å²) in [6.45, 7) is 7.07. The molecule has 0 spiro atoms. The predicted molar refractivity (Wildman–Crippen MR) is 125 cm³/mol. The van der Waals surface area contributed by atoms with Gasteiger partial charge in [0.2, 0.25) is 5.95 Å². The van der Waals surface area contributed by atoms with Gasteiger partial charge in [0.05, 0.1) is 6.54 Å². The third kappa shape index (κ3) is 5.66. The van der Waals surface area contributed by atoms with Crippen LogP contribution < -0.4 is 15.1 Å². The van der Waals surface area contributed by atoms with Crippen LogP contribution >= 0.6 is 24.0 Å². The maximum atomic E-state index is 4.86. The minimum absolute atomic E-state index is 0. The minimum Gasteiger partial charge on any atom is -0.362 e. The molecule has 9 heteroatoms. The summed E-state index contributed by atoms with van der Waals surface area (Å²) in [6.07, 6.45) is 5.39. The number of guanidine groups is 1. The standard InChI is InChI=1S/C19H28N8.HI/c1-4-20-18(24-15-16-7-5-8-21-17(16)25(2)3)26-11-13-27(14-12-26)19-22-9-6-10-23-19;/h5-10H,4,11-15H2,1-3H3,(H,20,24);1H. The molecule has 1 saturated heterocycles. The zero-order chi connectivity index (χ0) is 19.1. The first-order valence-electron chi connectivity index (χ1n) is 9.35. The molecule has 0 radical (unpaired) electrons. The first kappa shape index (κ1) is 22.1. The normalized spacial score (nSPS) is 14.5. The monoisotopic (exact) mass is 496 g/mol. The molecule has 1 N–H and O–H groups in total. The Bertz CT molecular complexity index is 745. The van der Waals surface area contributed by atoms with Crippen LogP contribution in [0.25, 0.3) is 0 Å². The average Bonchev–Trinajstić information content (AvgIpc) is 2.72. The Hall–Kier alpha value is -2.17. The van der Waals surface area contributed by atoms with Crippen molar-refractivity contribution in [2.45, 2.75) is 13.5 Å². The Labute approximate surface area is 184 Å². The number of nitrogens with zero attached hydrogens (tertiary/aromatic N) is 7. The van der Waals surface area contributed by atoms with Crippen LogP contribution in [0.1, 0.15) is 12.5 Å². The van der Waals surface area contributed by atoms with Gasteiger partial charge in [0.1, 0.15) is 5.82 Å². The van der Waals surface area contributed by atoms with Gasteiger partial charge >= 0.3 is 0 Å². The highest BCUT2D eigenvalue weighted by atomic mass is 127. The highest BCUT2D eigenvalue weighted by Gasteiger charge is 2.21. The number of hydrogen-bond acceptors (Lipinski definition) is 6. The van der Waals surface area contributed by atoms with Gasteiger partial charge in [-0.15, -0.1) is 24.0 Å². The van der Waals surface area contributed by atoms with Gasteiger partial charge in [-0.3, -0.25) is 0 Å². The van der Waals surface area contributed by atoms with Crippen molar-refractivity contribution < 1.29 is 0 Å². The Morgan fingerprint density at radius 1 is 1.07 bits per heavy atom. The van der Waals surface area contributed by atoms with E-state index in [2.05, 4.69) is 43.1 Å². The first-order chi connectivity index (χ1) is 13.2. The van der Waals surface area contributed by atoms with Gasteiger partial charge in [-0.05, 0) is 19.1 Å². The van der Waals surface area contributed by atoms with Crippen LogP contribution in [0.15, 0.2) is 41.8 Å². The fourth-order valence-corrected chi connectivity index (χ4v) is 3.12. The molecule has 2 aromatic heterocycles. The Morgan fingerprint density at radius 2 is 1.75 bits per heavy atom. The lowest BCUT2D eigenvalue weighted by molar-refractivity contribution is 0.370. The number of halogens is 1. The second-order valence-corrected chi connectivity index (χ2v) is 6.57. The molecule has 1 fully saturated rings. The highest BCUT2D eigenvalue weighted by molar-refractivity contribution is 14.0. The van der Waals surface area contributed by atoms with Crippen molar-refractivity contribution in [1.82, 2.24) is 25.2 Å². The van der Waals surface area contributed by atoms with E-state index in [9.17, 15) is 0 Å². The molecule has 0 bridgehead atoms. The fraction of sp³-hybridized carbons (Fsp3) is 0.474. The zero-order valence-corrected chi connectivity index (χ0v) is 19.1. The summed E-state index contributed by atoms with van der Waals surface area (Å²) in [5.41, 5.74) is 1.12. The maximum Gasteiger partial charge on any atom is 0.225 e. The molecule has 28 heavy (non-hydrogen) atoms. The molecule has 8 nitrogen and oxygen atoms in total. The van der Waals surface area contributed by atoms with Crippen LogP contribution in [0.5, 0.6) is 0 Å². The summed E-state index contributed by atoms with van der Waals surface area (Å²) in [5, 5.41) is 3.42. The topological polar surface area (TPSA) is 72.8 Å². The average molecular weight is 496 g/mol. The number of aromatic nitrogens is 3. The predicted octanol–water partition coefficient (Wildman–Crippen LogP) is 1.84. The molecule has 0 saturated carbocycles. The maximum absolute atomic E-state index is 4.86. The van der Waals surface area contributed by atoms with Crippen LogP contribution in [0.4, 0.5) is 11.8 Å².